The first-order chi connectivity index (χ1) is 15.8. The first-order valence-corrected chi connectivity index (χ1v) is 12.2. The molecule has 1 saturated heterocycles. The lowest BCUT2D eigenvalue weighted by atomic mass is 10.2. The van der Waals surface area contributed by atoms with Gasteiger partial charge in [0.15, 0.2) is 17.6 Å². The van der Waals surface area contributed by atoms with Crippen molar-refractivity contribution in [3.63, 3.8) is 0 Å². The second-order valence-electron chi connectivity index (χ2n) is 7.89. The van der Waals surface area contributed by atoms with Crippen LogP contribution in [0.4, 0.5) is 5.69 Å². The topological polar surface area (TPSA) is 102 Å². The monoisotopic (exact) mass is 474 g/mol. The summed E-state index contributed by atoms with van der Waals surface area (Å²) >= 11 is 0. The van der Waals surface area contributed by atoms with Crippen molar-refractivity contribution in [2.45, 2.75) is 36.8 Å². The molecule has 2 aromatic carbocycles. The first kappa shape index (κ1) is 23.1. The average molecular weight is 475 g/mol. The van der Waals surface area contributed by atoms with E-state index in [1.807, 2.05) is 6.07 Å². The van der Waals surface area contributed by atoms with Gasteiger partial charge in [-0.1, -0.05) is 18.2 Å². The van der Waals surface area contributed by atoms with Gasteiger partial charge in [-0.2, -0.15) is 4.31 Å². The van der Waals surface area contributed by atoms with Gasteiger partial charge in [0.1, 0.15) is 19.3 Å². The van der Waals surface area contributed by atoms with Gasteiger partial charge in [0, 0.05) is 25.3 Å². The standard InChI is InChI=1S/C23H26N2O7S/c1-16(22(26)24(2)17-7-4-3-5-8-17)32-23(27)19-9-6-12-25(19)33(28,29)18-10-11-20-21(15-18)31-14-13-30-20/h3-5,7-8,10-11,15-16,19H,6,9,12-14H2,1-2H3. The van der Waals surface area contributed by atoms with E-state index in [2.05, 4.69) is 0 Å². The number of amides is 1. The van der Waals surface area contributed by atoms with E-state index in [4.69, 9.17) is 14.2 Å². The van der Waals surface area contributed by atoms with E-state index in [0.717, 1.165) is 4.31 Å². The number of likely N-dealkylation sites (N-methyl/N-ethyl adjacent to an activating group) is 1. The number of carbonyl (C=O) groups is 2. The molecule has 0 N–H and O–H groups in total. The molecule has 2 unspecified atom stereocenters. The minimum Gasteiger partial charge on any atom is -0.486 e. The largest absolute Gasteiger partial charge is 0.486 e. The predicted octanol–water partition coefficient (Wildman–Crippen LogP) is 2.21. The Morgan fingerprint density at radius 3 is 2.52 bits per heavy atom. The van der Waals surface area contributed by atoms with E-state index < -0.39 is 34.0 Å². The molecule has 0 saturated carbocycles. The highest BCUT2D eigenvalue weighted by molar-refractivity contribution is 7.89. The number of carbonyl (C=O) groups excluding carboxylic acids is 2. The van der Waals surface area contributed by atoms with Crippen LogP contribution in [0.3, 0.4) is 0 Å². The molecule has 1 amide bonds. The zero-order valence-corrected chi connectivity index (χ0v) is 19.3. The molecule has 2 atom stereocenters. The summed E-state index contributed by atoms with van der Waals surface area (Å²) in [5.74, 6) is -0.319. The van der Waals surface area contributed by atoms with Crippen LogP contribution in [0, 0.1) is 0 Å². The first-order valence-electron chi connectivity index (χ1n) is 10.7. The Kier molecular flexibility index (Phi) is 6.57. The Morgan fingerprint density at radius 1 is 1.09 bits per heavy atom. The molecular weight excluding hydrogens is 448 g/mol. The molecule has 2 heterocycles. The summed E-state index contributed by atoms with van der Waals surface area (Å²) in [6.45, 7) is 2.39. The van der Waals surface area contributed by atoms with Gasteiger partial charge in [-0.25, -0.2) is 8.42 Å². The van der Waals surface area contributed by atoms with Gasteiger partial charge in [-0.15, -0.1) is 0 Å². The van der Waals surface area contributed by atoms with Crippen LogP contribution < -0.4 is 14.4 Å². The minimum absolute atomic E-state index is 0.0133. The summed E-state index contributed by atoms with van der Waals surface area (Å²) < 4.78 is 44.1. The average Bonchev–Trinajstić information content (AvgIpc) is 3.34. The van der Waals surface area contributed by atoms with E-state index in [0.29, 0.717) is 43.2 Å². The molecule has 0 bridgehead atoms. The lowest BCUT2D eigenvalue weighted by molar-refractivity contribution is -0.156. The third-order valence-corrected chi connectivity index (χ3v) is 7.61. The predicted molar refractivity (Wildman–Crippen MR) is 120 cm³/mol. The number of fused-ring (bicyclic) bond motifs is 1. The molecule has 0 aromatic heterocycles. The molecule has 176 valence electrons. The number of esters is 1. The number of para-hydroxylation sites is 1. The minimum atomic E-state index is -3.98. The van der Waals surface area contributed by atoms with E-state index in [1.165, 1.54) is 24.0 Å². The fraction of sp³-hybridized carbons (Fsp3) is 0.391. The molecular formula is C23H26N2O7S. The Morgan fingerprint density at radius 2 is 1.79 bits per heavy atom. The van der Waals surface area contributed by atoms with Crippen LogP contribution in [0.5, 0.6) is 11.5 Å². The number of benzene rings is 2. The van der Waals surface area contributed by atoms with Crippen LogP contribution in [-0.2, 0) is 24.3 Å². The molecule has 33 heavy (non-hydrogen) atoms. The summed E-state index contributed by atoms with van der Waals surface area (Å²) in [4.78, 5) is 27.0. The number of hydrogen-bond acceptors (Lipinski definition) is 7. The van der Waals surface area contributed by atoms with Gasteiger partial charge < -0.3 is 19.1 Å². The van der Waals surface area contributed by atoms with Crippen LogP contribution in [0.1, 0.15) is 19.8 Å². The fourth-order valence-corrected chi connectivity index (χ4v) is 5.60. The maximum absolute atomic E-state index is 13.3. The number of ether oxygens (including phenoxy) is 3. The molecule has 10 heteroatoms. The van der Waals surface area contributed by atoms with Crippen LogP contribution in [0.2, 0.25) is 0 Å². The molecule has 2 aliphatic rings. The number of sulfonamides is 1. The molecule has 2 aromatic rings. The van der Waals surface area contributed by atoms with Crippen molar-refractivity contribution in [1.82, 2.24) is 4.31 Å². The maximum Gasteiger partial charge on any atom is 0.325 e. The Labute approximate surface area is 192 Å². The van der Waals surface area contributed by atoms with Crippen molar-refractivity contribution in [1.29, 1.82) is 0 Å². The van der Waals surface area contributed by atoms with Crippen molar-refractivity contribution < 1.29 is 32.2 Å². The molecule has 0 aliphatic carbocycles. The van der Waals surface area contributed by atoms with Gasteiger partial charge in [0.05, 0.1) is 4.90 Å². The highest BCUT2D eigenvalue weighted by Gasteiger charge is 2.41. The SMILES string of the molecule is CC(OC(=O)C1CCCN1S(=O)(=O)c1ccc2c(c1)OCCO2)C(=O)N(C)c1ccccc1. The van der Waals surface area contributed by atoms with E-state index in [1.54, 1.807) is 37.4 Å². The second-order valence-corrected chi connectivity index (χ2v) is 9.78. The summed E-state index contributed by atoms with van der Waals surface area (Å²) in [5, 5.41) is 0. The number of rotatable bonds is 6. The zero-order valence-electron chi connectivity index (χ0n) is 18.5. The Balaban J connectivity index is 1.47. The van der Waals surface area contributed by atoms with E-state index in [-0.39, 0.29) is 11.4 Å². The zero-order chi connectivity index (χ0) is 23.6. The third-order valence-electron chi connectivity index (χ3n) is 5.71. The number of anilines is 1. The smallest absolute Gasteiger partial charge is 0.325 e. The lowest BCUT2D eigenvalue weighted by Crippen LogP contribution is -2.44. The van der Waals surface area contributed by atoms with E-state index in [9.17, 15) is 18.0 Å². The van der Waals surface area contributed by atoms with Crippen molar-refractivity contribution in [3.05, 3.63) is 48.5 Å². The quantitative estimate of drug-likeness (QED) is 0.592. The van der Waals surface area contributed by atoms with Crippen LogP contribution in [0.25, 0.3) is 0 Å². The normalized spacial score (nSPS) is 19.0. The summed E-state index contributed by atoms with van der Waals surface area (Å²) in [7, 11) is -2.39. The highest BCUT2D eigenvalue weighted by atomic mass is 32.2. The highest BCUT2D eigenvalue weighted by Crippen LogP contribution is 2.35. The Bertz CT molecular complexity index is 1140. The third kappa shape index (κ3) is 4.67. The van der Waals surface area contributed by atoms with Gasteiger partial charge in [-0.05, 0) is 44.0 Å². The van der Waals surface area contributed by atoms with Crippen LogP contribution in [-0.4, -0.2) is 63.6 Å². The maximum atomic E-state index is 13.3. The molecule has 0 radical (unpaired) electrons. The van der Waals surface area contributed by atoms with Crippen molar-refractivity contribution in [2.24, 2.45) is 0 Å². The second kappa shape index (κ2) is 9.40. The summed E-state index contributed by atoms with van der Waals surface area (Å²) in [6.07, 6.45) is -0.240. The summed E-state index contributed by atoms with van der Waals surface area (Å²) in [5.41, 5.74) is 0.661. The van der Waals surface area contributed by atoms with Gasteiger partial charge in [0.2, 0.25) is 10.0 Å². The van der Waals surface area contributed by atoms with E-state index >= 15 is 0 Å². The fourth-order valence-electron chi connectivity index (χ4n) is 3.94. The van der Waals surface area contributed by atoms with Crippen LogP contribution in [0.15, 0.2) is 53.4 Å². The van der Waals surface area contributed by atoms with Crippen LogP contribution >= 0.6 is 0 Å². The van der Waals surface area contributed by atoms with Gasteiger partial charge in [-0.3, -0.25) is 9.59 Å². The number of nitrogens with zero attached hydrogens (tertiary/aromatic N) is 2. The number of hydrogen-bond donors (Lipinski definition) is 0. The lowest BCUT2D eigenvalue weighted by Gasteiger charge is -2.26. The van der Waals surface area contributed by atoms with Crippen molar-refractivity contribution in [3.8, 4) is 11.5 Å². The molecule has 1 fully saturated rings. The van der Waals surface area contributed by atoms with Gasteiger partial charge >= 0.3 is 5.97 Å². The summed E-state index contributed by atoms with van der Waals surface area (Å²) in [6, 6.07) is 12.4. The van der Waals surface area contributed by atoms with Crippen molar-refractivity contribution >= 4 is 27.6 Å². The Hall–Kier alpha value is -3.11. The van der Waals surface area contributed by atoms with Gasteiger partial charge in [0.25, 0.3) is 5.91 Å². The van der Waals surface area contributed by atoms with Crippen molar-refractivity contribution in [2.75, 3.05) is 31.7 Å². The molecule has 4 rings (SSSR count). The molecule has 0 spiro atoms. The molecule has 2 aliphatic heterocycles. The molecule has 9 nitrogen and oxygen atoms in total.